The van der Waals surface area contributed by atoms with Crippen molar-refractivity contribution in [3.63, 3.8) is 0 Å². The second kappa shape index (κ2) is 8.76. The summed E-state index contributed by atoms with van der Waals surface area (Å²) in [5.41, 5.74) is 4.20. The lowest BCUT2D eigenvalue weighted by atomic mass is 10.1. The van der Waals surface area contributed by atoms with Gasteiger partial charge in [-0.05, 0) is 31.2 Å². The molecule has 32 heavy (non-hydrogen) atoms. The molecule has 8 nitrogen and oxygen atoms in total. The third-order valence-corrected chi connectivity index (χ3v) is 5.34. The van der Waals surface area contributed by atoms with Gasteiger partial charge in [-0.3, -0.25) is 4.68 Å². The van der Waals surface area contributed by atoms with Gasteiger partial charge >= 0.3 is 0 Å². The van der Waals surface area contributed by atoms with Gasteiger partial charge in [0.2, 0.25) is 0 Å². The van der Waals surface area contributed by atoms with Crippen molar-refractivity contribution in [2.24, 2.45) is 7.05 Å². The summed E-state index contributed by atoms with van der Waals surface area (Å²) in [6, 6.07) is 12.3. The van der Waals surface area contributed by atoms with E-state index in [1.165, 1.54) is 5.56 Å². The number of nitrogens with zero attached hydrogens (tertiary/aromatic N) is 7. The van der Waals surface area contributed by atoms with Crippen LogP contribution >= 0.6 is 0 Å². The van der Waals surface area contributed by atoms with Gasteiger partial charge in [0.25, 0.3) is 0 Å². The quantitative estimate of drug-likeness (QED) is 0.486. The Morgan fingerprint density at radius 2 is 1.84 bits per heavy atom. The normalized spacial score (nSPS) is 14.4. The van der Waals surface area contributed by atoms with Crippen LogP contribution in [0.2, 0.25) is 0 Å². The van der Waals surface area contributed by atoms with Crippen molar-refractivity contribution in [1.29, 1.82) is 0 Å². The molecule has 0 atom stereocenters. The molecular formula is C24H25N7O. The van der Waals surface area contributed by atoms with Gasteiger partial charge in [-0.2, -0.15) is 10.2 Å². The molecule has 3 aromatic heterocycles. The lowest BCUT2D eigenvalue weighted by molar-refractivity contribution is 0.122. The summed E-state index contributed by atoms with van der Waals surface area (Å²) in [4.78, 5) is 11.8. The van der Waals surface area contributed by atoms with Gasteiger partial charge in [-0.1, -0.05) is 23.8 Å². The van der Waals surface area contributed by atoms with Gasteiger partial charge in [-0.25, -0.2) is 14.6 Å². The minimum absolute atomic E-state index is 0.625. The molecule has 0 N–H and O–H groups in total. The number of aryl methyl sites for hydroxylation is 2. The Labute approximate surface area is 186 Å². The molecule has 1 saturated heterocycles. The van der Waals surface area contributed by atoms with Crippen LogP contribution < -0.4 is 4.90 Å². The van der Waals surface area contributed by atoms with Crippen LogP contribution in [0.4, 0.5) is 5.82 Å². The molecular weight excluding hydrogens is 402 g/mol. The molecule has 162 valence electrons. The van der Waals surface area contributed by atoms with Crippen molar-refractivity contribution >= 4 is 18.0 Å². The SMILES string of the molecule is Cc1cccc(-c2ccn(-c3cc(N4CCOCC4)nc(/C=C/c4cnn(C)c4)n3)n2)c1. The number of ether oxygens (including phenoxy) is 1. The van der Waals surface area contributed by atoms with Crippen molar-refractivity contribution in [2.75, 3.05) is 31.2 Å². The van der Waals surface area contributed by atoms with E-state index in [-0.39, 0.29) is 0 Å². The van der Waals surface area contributed by atoms with E-state index in [0.29, 0.717) is 19.0 Å². The molecule has 0 amide bonds. The minimum atomic E-state index is 0.625. The van der Waals surface area contributed by atoms with Crippen molar-refractivity contribution in [1.82, 2.24) is 29.5 Å². The summed E-state index contributed by atoms with van der Waals surface area (Å²) in [5.74, 6) is 2.23. The Morgan fingerprint density at radius 3 is 2.62 bits per heavy atom. The fourth-order valence-electron chi connectivity index (χ4n) is 3.69. The Balaban J connectivity index is 1.51. The zero-order chi connectivity index (χ0) is 21.9. The molecule has 0 unspecified atom stereocenters. The largest absolute Gasteiger partial charge is 0.378 e. The molecule has 4 aromatic rings. The molecule has 1 aliphatic heterocycles. The molecule has 8 heteroatoms. The Bertz CT molecular complexity index is 1250. The first-order chi connectivity index (χ1) is 15.6. The number of hydrogen-bond donors (Lipinski definition) is 0. The van der Waals surface area contributed by atoms with E-state index in [9.17, 15) is 0 Å². The smallest absolute Gasteiger partial charge is 0.159 e. The molecule has 1 aliphatic rings. The van der Waals surface area contributed by atoms with Gasteiger partial charge in [0, 0.05) is 49.7 Å². The second-order valence-electron chi connectivity index (χ2n) is 7.84. The third-order valence-electron chi connectivity index (χ3n) is 5.34. The molecule has 1 aromatic carbocycles. The molecule has 0 spiro atoms. The molecule has 5 rings (SSSR count). The predicted octanol–water partition coefficient (Wildman–Crippen LogP) is 3.38. The number of rotatable bonds is 5. The van der Waals surface area contributed by atoms with Gasteiger partial charge in [-0.15, -0.1) is 0 Å². The van der Waals surface area contributed by atoms with Crippen LogP contribution in [0, 0.1) is 6.92 Å². The van der Waals surface area contributed by atoms with Gasteiger partial charge in [0.1, 0.15) is 5.82 Å². The van der Waals surface area contributed by atoms with E-state index < -0.39 is 0 Å². The Hall–Kier alpha value is -3.78. The van der Waals surface area contributed by atoms with E-state index in [4.69, 9.17) is 19.8 Å². The minimum Gasteiger partial charge on any atom is -0.378 e. The first kappa shape index (κ1) is 20.1. The summed E-state index contributed by atoms with van der Waals surface area (Å²) >= 11 is 0. The van der Waals surface area contributed by atoms with Crippen LogP contribution in [-0.4, -0.2) is 55.8 Å². The summed E-state index contributed by atoms with van der Waals surface area (Å²) in [5, 5.41) is 9.00. The number of hydrogen-bond acceptors (Lipinski definition) is 6. The first-order valence-corrected chi connectivity index (χ1v) is 10.7. The van der Waals surface area contributed by atoms with E-state index in [2.05, 4.69) is 35.1 Å². The monoisotopic (exact) mass is 427 g/mol. The van der Waals surface area contributed by atoms with Crippen LogP contribution in [0.25, 0.3) is 29.2 Å². The second-order valence-corrected chi connectivity index (χ2v) is 7.84. The van der Waals surface area contributed by atoms with E-state index in [1.54, 1.807) is 4.68 Å². The molecule has 0 aliphatic carbocycles. The average Bonchev–Trinajstić information content (AvgIpc) is 3.48. The standard InChI is InChI=1S/C24H25N7O/c1-18-4-3-5-20(14-18)21-8-9-31(28-21)24-15-23(30-10-12-32-13-11-30)26-22(27-24)7-6-19-16-25-29(2)17-19/h3-9,14-17H,10-13H2,1-2H3/b7-6+. The highest BCUT2D eigenvalue weighted by Gasteiger charge is 2.16. The number of benzene rings is 1. The van der Waals surface area contributed by atoms with Crippen molar-refractivity contribution in [3.05, 3.63) is 71.9 Å². The Morgan fingerprint density at radius 1 is 1.00 bits per heavy atom. The van der Waals surface area contributed by atoms with E-state index in [1.807, 2.05) is 60.7 Å². The van der Waals surface area contributed by atoms with Crippen molar-refractivity contribution in [2.45, 2.75) is 6.92 Å². The topological polar surface area (TPSA) is 73.9 Å². The number of morpholine rings is 1. The average molecular weight is 428 g/mol. The predicted molar refractivity (Wildman–Crippen MR) is 124 cm³/mol. The zero-order valence-corrected chi connectivity index (χ0v) is 18.2. The van der Waals surface area contributed by atoms with Gasteiger partial charge in [0.15, 0.2) is 11.6 Å². The highest BCUT2D eigenvalue weighted by Crippen LogP contribution is 2.22. The fourth-order valence-corrected chi connectivity index (χ4v) is 3.69. The van der Waals surface area contributed by atoms with Crippen LogP contribution in [-0.2, 0) is 11.8 Å². The van der Waals surface area contributed by atoms with Crippen LogP contribution in [0.15, 0.2) is 55.0 Å². The third kappa shape index (κ3) is 4.45. The van der Waals surface area contributed by atoms with Crippen LogP contribution in [0.3, 0.4) is 0 Å². The fraction of sp³-hybridized carbons (Fsp3) is 0.250. The molecule has 0 bridgehead atoms. The van der Waals surface area contributed by atoms with Crippen molar-refractivity contribution < 1.29 is 4.74 Å². The number of aromatic nitrogens is 6. The van der Waals surface area contributed by atoms with E-state index in [0.717, 1.165) is 41.5 Å². The van der Waals surface area contributed by atoms with Gasteiger partial charge < -0.3 is 9.64 Å². The van der Waals surface area contributed by atoms with Crippen molar-refractivity contribution in [3.8, 4) is 17.1 Å². The zero-order valence-electron chi connectivity index (χ0n) is 18.2. The molecule has 1 fully saturated rings. The summed E-state index contributed by atoms with van der Waals surface area (Å²) in [6.45, 7) is 5.07. The molecule has 4 heterocycles. The van der Waals surface area contributed by atoms with Crippen LogP contribution in [0.5, 0.6) is 0 Å². The van der Waals surface area contributed by atoms with Crippen LogP contribution in [0.1, 0.15) is 17.0 Å². The first-order valence-electron chi connectivity index (χ1n) is 10.7. The number of anilines is 1. The summed E-state index contributed by atoms with van der Waals surface area (Å²) < 4.78 is 9.09. The molecule has 0 radical (unpaired) electrons. The highest BCUT2D eigenvalue weighted by atomic mass is 16.5. The summed E-state index contributed by atoms with van der Waals surface area (Å²) in [6.07, 6.45) is 9.58. The maximum absolute atomic E-state index is 5.51. The highest BCUT2D eigenvalue weighted by molar-refractivity contribution is 5.67. The maximum atomic E-state index is 5.51. The summed E-state index contributed by atoms with van der Waals surface area (Å²) in [7, 11) is 1.90. The van der Waals surface area contributed by atoms with E-state index >= 15 is 0 Å². The maximum Gasteiger partial charge on any atom is 0.159 e. The van der Waals surface area contributed by atoms with Gasteiger partial charge in [0.05, 0.1) is 25.1 Å². The lowest BCUT2D eigenvalue weighted by Crippen LogP contribution is -2.37. The Kier molecular flexibility index (Phi) is 5.51. The molecule has 0 saturated carbocycles. The lowest BCUT2D eigenvalue weighted by Gasteiger charge is -2.28.